The Morgan fingerprint density at radius 2 is 2.11 bits per heavy atom. The number of anilines is 1. The minimum atomic E-state index is -0.525. The molecule has 1 aromatic rings. The summed E-state index contributed by atoms with van der Waals surface area (Å²) in [5.74, 6) is -0.297. The Hall–Kier alpha value is -1.63. The number of carbonyl (C=O) groups excluding carboxylic acids is 2. The highest BCUT2D eigenvalue weighted by Crippen LogP contribution is 2.11. The lowest BCUT2D eigenvalue weighted by Gasteiger charge is -2.23. The molecule has 1 atom stereocenters. The van der Waals surface area contributed by atoms with Crippen molar-refractivity contribution >= 4 is 28.3 Å². The number of nitrogens with zero attached hydrogens (tertiary/aromatic N) is 2. The summed E-state index contributed by atoms with van der Waals surface area (Å²) in [6.07, 6.45) is 0.142. The van der Waals surface area contributed by atoms with Gasteiger partial charge in [-0.3, -0.25) is 9.59 Å². The third-order valence-corrected chi connectivity index (χ3v) is 3.46. The highest BCUT2D eigenvalue weighted by atomic mass is 32.1. The van der Waals surface area contributed by atoms with Crippen LogP contribution in [0.2, 0.25) is 0 Å². The van der Waals surface area contributed by atoms with Gasteiger partial charge < -0.3 is 16.0 Å². The second kappa shape index (κ2) is 7.08. The van der Waals surface area contributed by atoms with Gasteiger partial charge in [-0.05, 0) is 20.8 Å². The van der Waals surface area contributed by atoms with Crippen molar-refractivity contribution in [2.24, 2.45) is 0 Å². The first-order valence-corrected chi connectivity index (χ1v) is 7.13. The normalized spacial score (nSPS) is 11.9. The zero-order valence-electron chi connectivity index (χ0n) is 11.5. The maximum Gasteiger partial charge on any atom is 0.244 e. The molecule has 0 aromatic carbocycles. The maximum absolute atomic E-state index is 12.0. The lowest BCUT2D eigenvalue weighted by Crippen LogP contribution is -2.47. The van der Waals surface area contributed by atoms with Crippen molar-refractivity contribution in [2.45, 2.75) is 33.2 Å². The van der Waals surface area contributed by atoms with E-state index in [0.29, 0.717) is 23.9 Å². The van der Waals surface area contributed by atoms with Crippen LogP contribution in [0.4, 0.5) is 5.13 Å². The average molecular weight is 284 g/mol. The first-order chi connectivity index (χ1) is 8.97. The van der Waals surface area contributed by atoms with E-state index in [1.165, 1.54) is 11.3 Å². The van der Waals surface area contributed by atoms with E-state index in [4.69, 9.17) is 5.73 Å². The van der Waals surface area contributed by atoms with Gasteiger partial charge in [-0.15, -0.1) is 11.3 Å². The fraction of sp³-hybridized carbons (Fsp3) is 0.583. The molecular weight excluding hydrogens is 264 g/mol. The van der Waals surface area contributed by atoms with Crippen LogP contribution in [-0.2, 0) is 16.0 Å². The van der Waals surface area contributed by atoms with Crippen LogP contribution in [0.15, 0.2) is 5.38 Å². The van der Waals surface area contributed by atoms with Gasteiger partial charge in [-0.1, -0.05) is 0 Å². The standard InChI is InChI=1S/C12H20N4O2S/c1-4-16(5-2)11(18)8(3)14-10(17)6-9-7-19-12(13)15-9/h7-8H,4-6H2,1-3H3,(H2,13,15)(H,14,17). The van der Waals surface area contributed by atoms with Crippen molar-refractivity contribution in [1.29, 1.82) is 0 Å². The van der Waals surface area contributed by atoms with E-state index in [-0.39, 0.29) is 18.2 Å². The molecule has 1 heterocycles. The molecule has 7 heteroatoms. The van der Waals surface area contributed by atoms with Crippen LogP contribution in [0, 0.1) is 0 Å². The molecule has 0 aliphatic rings. The highest BCUT2D eigenvalue weighted by Gasteiger charge is 2.20. The van der Waals surface area contributed by atoms with Crippen LogP contribution in [0.3, 0.4) is 0 Å². The Labute approximate surface area is 117 Å². The van der Waals surface area contributed by atoms with Crippen LogP contribution in [0.25, 0.3) is 0 Å². The number of likely N-dealkylation sites (N-methyl/N-ethyl adjacent to an activating group) is 1. The fourth-order valence-corrected chi connectivity index (χ4v) is 2.29. The summed E-state index contributed by atoms with van der Waals surface area (Å²) in [6, 6.07) is -0.525. The lowest BCUT2D eigenvalue weighted by molar-refractivity contribution is -0.135. The molecule has 0 aliphatic heterocycles. The van der Waals surface area contributed by atoms with Gasteiger partial charge in [0, 0.05) is 18.5 Å². The van der Waals surface area contributed by atoms with Crippen molar-refractivity contribution in [1.82, 2.24) is 15.2 Å². The van der Waals surface area contributed by atoms with E-state index in [9.17, 15) is 9.59 Å². The molecule has 106 valence electrons. The number of nitrogens with two attached hydrogens (primary N) is 1. The van der Waals surface area contributed by atoms with E-state index in [2.05, 4.69) is 10.3 Å². The molecular formula is C12H20N4O2S. The number of carbonyl (C=O) groups is 2. The van der Waals surface area contributed by atoms with Gasteiger partial charge in [0.05, 0.1) is 12.1 Å². The van der Waals surface area contributed by atoms with E-state index < -0.39 is 6.04 Å². The van der Waals surface area contributed by atoms with Crippen LogP contribution in [0.1, 0.15) is 26.5 Å². The highest BCUT2D eigenvalue weighted by molar-refractivity contribution is 7.13. The molecule has 2 amide bonds. The molecule has 1 unspecified atom stereocenters. The summed E-state index contributed by atoms with van der Waals surface area (Å²) in [6.45, 7) is 6.78. The van der Waals surface area contributed by atoms with Crippen LogP contribution in [0.5, 0.6) is 0 Å². The Balaban J connectivity index is 2.49. The zero-order chi connectivity index (χ0) is 14.4. The first-order valence-electron chi connectivity index (χ1n) is 6.25. The maximum atomic E-state index is 12.0. The predicted octanol–water partition coefficient (Wildman–Crippen LogP) is 0.641. The third-order valence-electron chi connectivity index (χ3n) is 2.73. The molecule has 0 spiro atoms. The Morgan fingerprint density at radius 1 is 1.47 bits per heavy atom. The van der Waals surface area contributed by atoms with Crippen molar-refractivity contribution < 1.29 is 9.59 Å². The molecule has 6 nitrogen and oxygen atoms in total. The van der Waals surface area contributed by atoms with E-state index >= 15 is 0 Å². The molecule has 1 rings (SSSR count). The number of thiazole rings is 1. The molecule has 0 bridgehead atoms. The van der Waals surface area contributed by atoms with Crippen molar-refractivity contribution in [3.05, 3.63) is 11.1 Å². The van der Waals surface area contributed by atoms with Crippen molar-refractivity contribution in [3.63, 3.8) is 0 Å². The monoisotopic (exact) mass is 284 g/mol. The Kier molecular flexibility index (Phi) is 5.75. The largest absolute Gasteiger partial charge is 0.375 e. The number of rotatable bonds is 6. The Bertz CT molecular complexity index is 443. The summed E-state index contributed by atoms with van der Waals surface area (Å²) < 4.78 is 0. The van der Waals surface area contributed by atoms with Crippen LogP contribution >= 0.6 is 11.3 Å². The second-order valence-electron chi connectivity index (χ2n) is 4.15. The zero-order valence-corrected chi connectivity index (χ0v) is 12.3. The number of nitrogens with one attached hydrogen (secondary N) is 1. The molecule has 0 aliphatic carbocycles. The summed E-state index contributed by atoms with van der Waals surface area (Å²) in [7, 11) is 0. The van der Waals surface area contributed by atoms with Crippen LogP contribution in [-0.4, -0.2) is 40.8 Å². The number of amides is 2. The molecule has 3 N–H and O–H groups in total. The molecule has 0 fully saturated rings. The van der Waals surface area contributed by atoms with Crippen LogP contribution < -0.4 is 11.1 Å². The smallest absolute Gasteiger partial charge is 0.244 e. The van der Waals surface area contributed by atoms with Gasteiger partial charge in [-0.2, -0.15) is 0 Å². The number of aromatic nitrogens is 1. The Morgan fingerprint density at radius 3 is 2.58 bits per heavy atom. The topological polar surface area (TPSA) is 88.3 Å². The predicted molar refractivity (Wildman–Crippen MR) is 75.8 cm³/mol. The second-order valence-corrected chi connectivity index (χ2v) is 5.04. The van der Waals surface area contributed by atoms with E-state index in [1.807, 2.05) is 13.8 Å². The molecule has 1 aromatic heterocycles. The fourth-order valence-electron chi connectivity index (χ4n) is 1.73. The minimum absolute atomic E-state index is 0.0730. The van der Waals surface area contributed by atoms with E-state index in [0.717, 1.165) is 0 Å². The summed E-state index contributed by atoms with van der Waals surface area (Å²) >= 11 is 1.30. The average Bonchev–Trinajstić information content (AvgIpc) is 2.75. The molecule has 0 saturated heterocycles. The molecule has 0 radical (unpaired) electrons. The first kappa shape index (κ1) is 15.4. The molecule has 0 saturated carbocycles. The number of hydrogen-bond donors (Lipinski definition) is 2. The minimum Gasteiger partial charge on any atom is -0.375 e. The number of hydrogen-bond acceptors (Lipinski definition) is 5. The third kappa shape index (κ3) is 4.51. The lowest BCUT2D eigenvalue weighted by atomic mass is 10.2. The van der Waals surface area contributed by atoms with Gasteiger partial charge >= 0.3 is 0 Å². The van der Waals surface area contributed by atoms with Gasteiger partial charge in [0.15, 0.2) is 5.13 Å². The summed E-state index contributed by atoms with van der Waals surface area (Å²) in [5.41, 5.74) is 6.12. The van der Waals surface area contributed by atoms with Gasteiger partial charge in [-0.25, -0.2) is 4.98 Å². The van der Waals surface area contributed by atoms with Crippen molar-refractivity contribution in [2.75, 3.05) is 18.8 Å². The van der Waals surface area contributed by atoms with Gasteiger partial charge in [0.25, 0.3) is 0 Å². The summed E-state index contributed by atoms with van der Waals surface area (Å²) in [5, 5.41) is 4.86. The quantitative estimate of drug-likeness (QED) is 0.802. The van der Waals surface area contributed by atoms with Crippen molar-refractivity contribution in [3.8, 4) is 0 Å². The summed E-state index contributed by atoms with van der Waals surface area (Å²) in [4.78, 5) is 29.4. The van der Waals surface area contributed by atoms with Gasteiger partial charge in [0.1, 0.15) is 6.04 Å². The number of nitrogen functional groups attached to an aromatic ring is 1. The van der Waals surface area contributed by atoms with E-state index in [1.54, 1.807) is 17.2 Å². The SMILES string of the molecule is CCN(CC)C(=O)C(C)NC(=O)Cc1csc(N)n1. The molecule has 19 heavy (non-hydrogen) atoms. The van der Waals surface area contributed by atoms with Gasteiger partial charge in [0.2, 0.25) is 11.8 Å².